The normalized spacial score (nSPS) is 27.2. The van der Waals surface area contributed by atoms with Crippen LogP contribution in [0.5, 0.6) is 0 Å². The van der Waals surface area contributed by atoms with Gasteiger partial charge in [-0.25, -0.2) is 0 Å². The van der Waals surface area contributed by atoms with Crippen molar-refractivity contribution in [3.05, 3.63) is 0 Å². The fraction of sp³-hybridized carbons (Fsp3) is 1.00. The first-order chi connectivity index (χ1) is 7.22. The van der Waals surface area contributed by atoms with Crippen molar-refractivity contribution in [2.24, 2.45) is 0 Å². The summed E-state index contributed by atoms with van der Waals surface area (Å²) in [5, 5.41) is 3.63. The minimum absolute atomic E-state index is 0.491. The summed E-state index contributed by atoms with van der Waals surface area (Å²) < 4.78 is 5.42. The lowest BCUT2D eigenvalue weighted by Crippen LogP contribution is -2.37. The highest BCUT2D eigenvalue weighted by Crippen LogP contribution is 2.20. The molecule has 0 radical (unpaired) electrons. The summed E-state index contributed by atoms with van der Waals surface area (Å²) in [7, 11) is 6.09. The van der Waals surface area contributed by atoms with Crippen molar-refractivity contribution in [1.29, 1.82) is 0 Å². The van der Waals surface area contributed by atoms with Gasteiger partial charge in [0, 0.05) is 13.2 Å². The molecule has 0 aliphatic heterocycles. The zero-order valence-electron chi connectivity index (χ0n) is 10.5. The van der Waals surface area contributed by atoms with Gasteiger partial charge in [0.2, 0.25) is 0 Å². The highest BCUT2D eigenvalue weighted by Gasteiger charge is 2.20. The first-order valence-corrected chi connectivity index (χ1v) is 6.13. The lowest BCUT2D eigenvalue weighted by Gasteiger charge is -2.29. The standard InChI is InChI=1S/C12H26N2O/c1-14(2)9-5-8-13-11-6-4-7-12(10-11)15-3/h11-13H,4-10H2,1-3H3. The van der Waals surface area contributed by atoms with E-state index in [0.717, 1.165) is 6.54 Å². The minimum Gasteiger partial charge on any atom is -0.381 e. The van der Waals surface area contributed by atoms with Crippen LogP contribution < -0.4 is 5.32 Å². The van der Waals surface area contributed by atoms with Crippen LogP contribution in [-0.4, -0.2) is 51.3 Å². The largest absolute Gasteiger partial charge is 0.381 e. The molecular weight excluding hydrogens is 188 g/mol. The number of nitrogens with one attached hydrogen (secondary N) is 1. The summed E-state index contributed by atoms with van der Waals surface area (Å²) in [6.45, 7) is 2.31. The molecule has 15 heavy (non-hydrogen) atoms. The molecule has 1 aliphatic rings. The molecule has 0 aromatic rings. The van der Waals surface area contributed by atoms with Crippen molar-refractivity contribution in [3.8, 4) is 0 Å². The van der Waals surface area contributed by atoms with Gasteiger partial charge >= 0.3 is 0 Å². The van der Waals surface area contributed by atoms with Gasteiger partial charge in [0.15, 0.2) is 0 Å². The second-order valence-corrected chi connectivity index (χ2v) is 4.83. The van der Waals surface area contributed by atoms with E-state index in [1.165, 1.54) is 38.6 Å². The molecule has 2 atom stereocenters. The SMILES string of the molecule is COC1CCCC(NCCCN(C)C)C1. The van der Waals surface area contributed by atoms with Crippen LogP contribution in [0, 0.1) is 0 Å². The molecule has 2 unspecified atom stereocenters. The molecule has 0 amide bonds. The second kappa shape index (κ2) is 7.20. The summed E-state index contributed by atoms with van der Waals surface area (Å²) in [6, 6.07) is 0.686. The van der Waals surface area contributed by atoms with E-state index in [1.54, 1.807) is 0 Å². The van der Waals surface area contributed by atoms with Crippen molar-refractivity contribution in [1.82, 2.24) is 10.2 Å². The van der Waals surface area contributed by atoms with E-state index in [1.807, 2.05) is 7.11 Å². The summed E-state index contributed by atoms with van der Waals surface area (Å²) in [5.41, 5.74) is 0. The summed E-state index contributed by atoms with van der Waals surface area (Å²) in [6.07, 6.45) is 6.79. The molecule has 0 spiro atoms. The van der Waals surface area contributed by atoms with Crippen LogP contribution in [0.25, 0.3) is 0 Å². The van der Waals surface area contributed by atoms with E-state index < -0.39 is 0 Å². The first kappa shape index (κ1) is 12.9. The third kappa shape index (κ3) is 5.50. The van der Waals surface area contributed by atoms with E-state index >= 15 is 0 Å². The number of rotatable bonds is 6. The lowest BCUT2D eigenvalue weighted by molar-refractivity contribution is 0.0588. The Morgan fingerprint density at radius 1 is 1.33 bits per heavy atom. The highest BCUT2D eigenvalue weighted by molar-refractivity contribution is 4.78. The van der Waals surface area contributed by atoms with Gasteiger partial charge in [0.25, 0.3) is 0 Å². The average Bonchev–Trinajstić information content (AvgIpc) is 2.24. The Balaban J connectivity index is 2.05. The van der Waals surface area contributed by atoms with Crippen molar-refractivity contribution in [2.75, 3.05) is 34.3 Å². The highest BCUT2D eigenvalue weighted by atomic mass is 16.5. The van der Waals surface area contributed by atoms with Crippen LogP contribution in [0.1, 0.15) is 32.1 Å². The Bertz CT molecular complexity index is 162. The smallest absolute Gasteiger partial charge is 0.0586 e. The molecule has 1 N–H and O–H groups in total. The predicted octanol–water partition coefficient (Wildman–Crippen LogP) is 1.49. The summed E-state index contributed by atoms with van der Waals surface area (Å²) in [5.74, 6) is 0. The van der Waals surface area contributed by atoms with Crippen LogP contribution >= 0.6 is 0 Å². The Morgan fingerprint density at radius 2 is 2.13 bits per heavy atom. The van der Waals surface area contributed by atoms with Crippen LogP contribution in [0.3, 0.4) is 0 Å². The molecule has 1 saturated carbocycles. The molecular formula is C12H26N2O. The number of hydrogen-bond acceptors (Lipinski definition) is 3. The maximum Gasteiger partial charge on any atom is 0.0586 e. The van der Waals surface area contributed by atoms with Gasteiger partial charge in [-0.3, -0.25) is 0 Å². The molecule has 90 valence electrons. The molecule has 3 nitrogen and oxygen atoms in total. The molecule has 3 heteroatoms. The Kier molecular flexibility index (Phi) is 6.22. The van der Waals surface area contributed by atoms with Crippen LogP contribution in [0.15, 0.2) is 0 Å². The van der Waals surface area contributed by atoms with E-state index in [0.29, 0.717) is 12.1 Å². The molecule has 1 rings (SSSR count). The van der Waals surface area contributed by atoms with Gasteiger partial charge in [-0.05, 0) is 59.3 Å². The van der Waals surface area contributed by atoms with Gasteiger partial charge in [0.05, 0.1) is 6.10 Å². The fourth-order valence-corrected chi connectivity index (χ4v) is 2.25. The van der Waals surface area contributed by atoms with Crippen molar-refractivity contribution in [2.45, 2.75) is 44.2 Å². The second-order valence-electron chi connectivity index (χ2n) is 4.83. The molecule has 0 aromatic carbocycles. The van der Waals surface area contributed by atoms with Crippen molar-refractivity contribution in [3.63, 3.8) is 0 Å². The van der Waals surface area contributed by atoms with Gasteiger partial charge in [-0.2, -0.15) is 0 Å². The number of ether oxygens (including phenoxy) is 1. The maximum atomic E-state index is 5.42. The first-order valence-electron chi connectivity index (χ1n) is 6.13. The fourth-order valence-electron chi connectivity index (χ4n) is 2.25. The van der Waals surface area contributed by atoms with Crippen LogP contribution in [0.4, 0.5) is 0 Å². The third-order valence-electron chi connectivity index (χ3n) is 3.17. The lowest BCUT2D eigenvalue weighted by atomic mass is 9.93. The third-order valence-corrected chi connectivity index (χ3v) is 3.17. The van der Waals surface area contributed by atoms with E-state index in [9.17, 15) is 0 Å². The van der Waals surface area contributed by atoms with Gasteiger partial charge < -0.3 is 15.0 Å². The van der Waals surface area contributed by atoms with E-state index in [4.69, 9.17) is 4.74 Å². The van der Waals surface area contributed by atoms with Crippen molar-refractivity contribution >= 4 is 0 Å². The molecule has 0 bridgehead atoms. The average molecular weight is 214 g/mol. The van der Waals surface area contributed by atoms with Crippen LogP contribution in [0.2, 0.25) is 0 Å². The van der Waals surface area contributed by atoms with Gasteiger partial charge in [0.1, 0.15) is 0 Å². The molecule has 1 aliphatic carbocycles. The number of nitrogens with zero attached hydrogens (tertiary/aromatic N) is 1. The zero-order valence-corrected chi connectivity index (χ0v) is 10.5. The Labute approximate surface area is 94.2 Å². The van der Waals surface area contributed by atoms with Crippen LogP contribution in [-0.2, 0) is 4.74 Å². The quantitative estimate of drug-likeness (QED) is 0.678. The summed E-state index contributed by atoms with van der Waals surface area (Å²) in [4.78, 5) is 2.24. The Morgan fingerprint density at radius 3 is 2.80 bits per heavy atom. The zero-order chi connectivity index (χ0) is 11.1. The van der Waals surface area contributed by atoms with E-state index in [-0.39, 0.29) is 0 Å². The molecule has 1 fully saturated rings. The molecule has 0 heterocycles. The molecule has 0 aromatic heterocycles. The van der Waals surface area contributed by atoms with E-state index in [2.05, 4.69) is 24.3 Å². The van der Waals surface area contributed by atoms with Gasteiger partial charge in [-0.15, -0.1) is 0 Å². The number of hydrogen-bond donors (Lipinski definition) is 1. The monoisotopic (exact) mass is 214 g/mol. The minimum atomic E-state index is 0.491. The topological polar surface area (TPSA) is 24.5 Å². The molecule has 0 saturated heterocycles. The van der Waals surface area contributed by atoms with Gasteiger partial charge in [-0.1, -0.05) is 0 Å². The maximum absolute atomic E-state index is 5.42. The van der Waals surface area contributed by atoms with Crippen molar-refractivity contribution < 1.29 is 4.74 Å². The number of methoxy groups -OCH3 is 1. The summed E-state index contributed by atoms with van der Waals surface area (Å²) >= 11 is 0. The predicted molar refractivity (Wildman–Crippen MR) is 64.2 cm³/mol. The Hall–Kier alpha value is -0.120.